The Morgan fingerprint density at radius 2 is 1.47 bits per heavy atom. The third-order valence-corrected chi connectivity index (χ3v) is 11.5. The minimum Gasteiger partial charge on any atom is -0.458 e. The summed E-state index contributed by atoms with van der Waals surface area (Å²) in [7, 11) is 0. The molecule has 4 heterocycles. The zero-order valence-electron chi connectivity index (χ0n) is 33.3. The summed E-state index contributed by atoms with van der Waals surface area (Å²) in [5.74, 6) is -6.40. The predicted octanol–water partition coefficient (Wildman–Crippen LogP) is 2.09. The van der Waals surface area contributed by atoms with E-state index in [1.54, 1.807) is 12.1 Å². The van der Waals surface area contributed by atoms with Crippen LogP contribution in [0, 0.1) is 24.5 Å². The number of halogens is 2. The van der Waals surface area contributed by atoms with Crippen LogP contribution in [0.15, 0.2) is 42.5 Å². The standard InChI is InChI=1S/C42H52F2N6O8/c1-23-10-12-27(13-11-23)20-35(51)46-31(19-28-17-29(43)21-30(44)18-28)37(52)47-36-26(4)58-42(57)34-16-24(2)22-50(34)39(54)25(3)45-38(53)32-8-5-6-14-48(32)40(55)33-9-7-15-49(33)41(36)56/h10-13,17-18,21,24-26,31-34,36H,5-9,14-16,19-20,22H2,1-4H3,(H,45,53)(H,46,51)(H,47,52)/t24-,25-,26-,31-,32-,33-,34?,36-/m0/s1. The number of amides is 6. The number of fused-ring (bicyclic) bond motifs is 3. The van der Waals surface area contributed by atoms with Gasteiger partial charge in [-0.15, -0.1) is 0 Å². The predicted molar refractivity (Wildman–Crippen MR) is 205 cm³/mol. The van der Waals surface area contributed by atoms with Crippen LogP contribution in [0.2, 0.25) is 0 Å². The number of carbonyl (C=O) groups is 7. The van der Waals surface area contributed by atoms with E-state index < -0.39 is 95.4 Å². The number of cyclic esters (lactones) is 1. The average Bonchev–Trinajstić information content (AvgIpc) is 3.83. The van der Waals surface area contributed by atoms with Gasteiger partial charge in [-0.2, -0.15) is 0 Å². The molecule has 0 bridgehead atoms. The molecule has 4 saturated heterocycles. The van der Waals surface area contributed by atoms with Crippen LogP contribution in [0.25, 0.3) is 0 Å². The van der Waals surface area contributed by atoms with E-state index in [2.05, 4.69) is 16.0 Å². The van der Waals surface area contributed by atoms with Crippen molar-refractivity contribution in [1.82, 2.24) is 30.7 Å². The maximum atomic E-state index is 14.7. The number of benzene rings is 2. The van der Waals surface area contributed by atoms with Gasteiger partial charge in [-0.1, -0.05) is 36.8 Å². The van der Waals surface area contributed by atoms with Gasteiger partial charge in [-0.05, 0) is 88.5 Å². The van der Waals surface area contributed by atoms with Crippen LogP contribution in [0.5, 0.6) is 0 Å². The van der Waals surface area contributed by atoms with Crippen molar-refractivity contribution in [2.24, 2.45) is 5.92 Å². The smallest absolute Gasteiger partial charge is 0.329 e. The fourth-order valence-corrected chi connectivity index (χ4v) is 8.53. The summed E-state index contributed by atoms with van der Waals surface area (Å²) in [6.07, 6.45) is 0.782. The first-order valence-electron chi connectivity index (χ1n) is 20.1. The highest BCUT2D eigenvalue weighted by atomic mass is 19.1. The SMILES string of the molecule is Cc1ccc(CC(=O)N[C@@H](Cc2cc(F)cc(F)c2)C(=O)N[C@@H]2C(=O)N3CCC[C@H]3C(=O)N3CCCC[C@H]3C(=O)N[C@@H](C)C(=O)N3C[C@@H](C)CC3C(=O)O[C@H]2C)cc1. The van der Waals surface area contributed by atoms with Crippen LogP contribution in [0.3, 0.4) is 0 Å². The highest BCUT2D eigenvalue weighted by Crippen LogP contribution is 2.29. The summed E-state index contributed by atoms with van der Waals surface area (Å²) in [4.78, 5) is 102. The van der Waals surface area contributed by atoms with Crippen LogP contribution < -0.4 is 16.0 Å². The summed E-state index contributed by atoms with van der Waals surface area (Å²) >= 11 is 0. The molecule has 0 aromatic heterocycles. The Morgan fingerprint density at radius 1 is 0.810 bits per heavy atom. The third kappa shape index (κ3) is 9.64. The van der Waals surface area contributed by atoms with E-state index in [4.69, 9.17) is 4.74 Å². The Hall–Kier alpha value is -5.41. The Labute approximate surface area is 336 Å². The number of nitrogens with zero attached hydrogens (tertiary/aromatic N) is 3. The second kappa shape index (κ2) is 18.0. The molecular formula is C42H52F2N6O8. The van der Waals surface area contributed by atoms with Crippen LogP contribution in [-0.4, -0.2) is 118 Å². The van der Waals surface area contributed by atoms with E-state index in [0.717, 1.165) is 17.7 Å². The number of piperidine rings is 1. The molecule has 0 saturated carbocycles. The van der Waals surface area contributed by atoms with Crippen molar-refractivity contribution in [3.8, 4) is 0 Å². The Morgan fingerprint density at radius 3 is 2.17 bits per heavy atom. The van der Waals surface area contributed by atoms with Gasteiger partial charge in [0.1, 0.15) is 54.0 Å². The summed E-state index contributed by atoms with van der Waals surface area (Å²) < 4.78 is 34.6. The van der Waals surface area contributed by atoms with Gasteiger partial charge < -0.3 is 35.4 Å². The molecule has 6 amide bonds. The van der Waals surface area contributed by atoms with Crippen molar-refractivity contribution >= 4 is 41.4 Å². The molecule has 16 heteroatoms. The first-order valence-corrected chi connectivity index (χ1v) is 20.1. The second-order valence-electron chi connectivity index (χ2n) is 16.2. The number of esters is 1. The normalized spacial score (nSPS) is 27.6. The fourth-order valence-electron chi connectivity index (χ4n) is 8.53. The molecule has 58 heavy (non-hydrogen) atoms. The van der Waals surface area contributed by atoms with E-state index in [9.17, 15) is 42.3 Å². The Bertz CT molecular complexity index is 1910. The third-order valence-electron chi connectivity index (χ3n) is 11.5. The largest absolute Gasteiger partial charge is 0.458 e. The van der Waals surface area contributed by atoms with Gasteiger partial charge in [0.25, 0.3) is 0 Å². The first kappa shape index (κ1) is 42.2. The Balaban J connectivity index is 1.34. The van der Waals surface area contributed by atoms with Gasteiger partial charge in [-0.25, -0.2) is 13.6 Å². The van der Waals surface area contributed by atoms with E-state index in [1.807, 2.05) is 26.0 Å². The number of aryl methyl sites for hydroxylation is 1. The van der Waals surface area contributed by atoms with E-state index in [1.165, 1.54) is 28.5 Å². The maximum Gasteiger partial charge on any atom is 0.329 e. The highest BCUT2D eigenvalue weighted by Gasteiger charge is 2.47. The molecule has 2 aromatic carbocycles. The molecule has 0 spiro atoms. The molecular weight excluding hydrogens is 754 g/mol. The van der Waals surface area contributed by atoms with Crippen LogP contribution in [0.4, 0.5) is 8.78 Å². The molecule has 3 N–H and O–H groups in total. The minimum absolute atomic E-state index is 0.0525. The van der Waals surface area contributed by atoms with Gasteiger partial charge in [-0.3, -0.25) is 28.8 Å². The molecule has 312 valence electrons. The van der Waals surface area contributed by atoms with Gasteiger partial charge in [0.05, 0.1) is 6.42 Å². The van der Waals surface area contributed by atoms with E-state index >= 15 is 0 Å². The van der Waals surface area contributed by atoms with Crippen molar-refractivity contribution in [1.29, 1.82) is 0 Å². The zero-order chi connectivity index (χ0) is 41.8. The van der Waals surface area contributed by atoms with E-state index in [-0.39, 0.29) is 56.8 Å². The number of rotatable bonds is 7. The minimum atomic E-state index is -1.60. The lowest BCUT2D eigenvalue weighted by Crippen LogP contribution is -2.63. The lowest BCUT2D eigenvalue weighted by Gasteiger charge is -2.39. The number of carbonyl (C=O) groups excluding carboxylic acids is 7. The van der Waals surface area contributed by atoms with Gasteiger partial charge in [0, 0.05) is 32.1 Å². The van der Waals surface area contributed by atoms with Crippen molar-refractivity contribution < 1.29 is 47.1 Å². The number of hydrogen-bond acceptors (Lipinski definition) is 8. The molecule has 4 aliphatic rings. The van der Waals surface area contributed by atoms with Crippen LogP contribution in [0.1, 0.15) is 76.0 Å². The Kier molecular flexibility index (Phi) is 13.1. The first-order chi connectivity index (χ1) is 27.6. The summed E-state index contributed by atoms with van der Waals surface area (Å²) in [5, 5.41) is 8.08. The molecule has 14 nitrogen and oxygen atoms in total. The van der Waals surface area contributed by atoms with Crippen molar-refractivity contribution in [3.63, 3.8) is 0 Å². The van der Waals surface area contributed by atoms with Crippen molar-refractivity contribution in [2.75, 3.05) is 19.6 Å². The molecule has 0 radical (unpaired) electrons. The molecule has 2 aromatic rings. The number of nitrogens with one attached hydrogen (secondary N) is 3. The summed E-state index contributed by atoms with van der Waals surface area (Å²) in [5.41, 5.74) is 1.67. The monoisotopic (exact) mass is 806 g/mol. The van der Waals surface area contributed by atoms with Crippen LogP contribution in [-0.2, 0) is 51.1 Å². The van der Waals surface area contributed by atoms with E-state index in [0.29, 0.717) is 37.3 Å². The van der Waals surface area contributed by atoms with Crippen molar-refractivity contribution in [2.45, 2.75) is 121 Å². The molecule has 8 atom stereocenters. The second-order valence-corrected chi connectivity index (χ2v) is 16.2. The van der Waals surface area contributed by atoms with Crippen molar-refractivity contribution in [3.05, 3.63) is 70.8 Å². The number of ether oxygens (including phenoxy) is 1. The van der Waals surface area contributed by atoms with Crippen LogP contribution >= 0.6 is 0 Å². The lowest BCUT2D eigenvalue weighted by molar-refractivity contribution is -0.163. The van der Waals surface area contributed by atoms with Gasteiger partial charge >= 0.3 is 5.97 Å². The molecule has 4 fully saturated rings. The summed E-state index contributed by atoms with van der Waals surface area (Å²) in [6, 6.07) is 2.90. The topological polar surface area (TPSA) is 175 Å². The van der Waals surface area contributed by atoms with Gasteiger partial charge in [0.15, 0.2) is 0 Å². The highest BCUT2D eigenvalue weighted by molar-refractivity contribution is 5.98. The quantitative estimate of drug-likeness (QED) is 0.357. The molecule has 4 aliphatic heterocycles. The lowest BCUT2D eigenvalue weighted by atomic mass is 9.99. The molecule has 1 unspecified atom stereocenters. The van der Waals surface area contributed by atoms with Gasteiger partial charge in [0.2, 0.25) is 35.4 Å². The zero-order valence-corrected chi connectivity index (χ0v) is 33.3. The average molecular weight is 807 g/mol. The summed E-state index contributed by atoms with van der Waals surface area (Å²) in [6.45, 7) is 7.31. The molecule has 6 rings (SSSR count). The maximum absolute atomic E-state index is 14.7. The number of hydrogen-bond donors (Lipinski definition) is 3. The fraction of sp³-hybridized carbons (Fsp3) is 0.548. The molecule has 0 aliphatic carbocycles.